The van der Waals surface area contributed by atoms with Gasteiger partial charge in [-0.3, -0.25) is 0 Å². The van der Waals surface area contributed by atoms with E-state index in [2.05, 4.69) is 58.3 Å². The summed E-state index contributed by atoms with van der Waals surface area (Å²) in [4.78, 5) is 9.33. The van der Waals surface area contributed by atoms with Crippen LogP contribution in [0, 0.1) is 25.5 Å². The molecule has 0 aromatic heterocycles. The molecule has 4 rings (SSSR count). The third-order valence-electron chi connectivity index (χ3n) is 4.07. The van der Waals surface area contributed by atoms with Crippen LogP contribution in [0.1, 0.15) is 5.56 Å². The van der Waals surface area contributed by atoms with Crippen molar-refractivity contribution in [3.05, 3.63) is 92.2 Å². The van der Waals surface area contributed by atoms with Gasteiger partial charge in [0.2, 0.25) is 0 Å². The zero-order chi connectivity index (χ0) is 17.9. The number of hydrogen-bond donors (Lipinski definition) is 0. The summed E-state index contributed by atoms with van der Waals surface area (Å²) in [5, 5.41) is 0. The normalized spacial score (nSPS) is 15.6. The smallest absolute Gasteiger partial charge is 0.510 e. The topological polar surface area (TPSA) is 13.0 Å². The molecule has 6 heteroatoms. The van der Waals surface area contributed by atoms with Crippen LogP contribution < -0.4 is 9.80 Å². The van der Waals surface area contributed by atoms with E-state index in [0.717, 1.165) is 22.0 Å². The zero-order valence-corrected chi connectivity index (χ0v) is 18.2. The predicted molar refractivity (Wildman–Crippen MR) is 107 cm³/mol. The van der Waals surface area contributed by atoms with Gasteiger partial charge < -0.3 is 19.6 Å². The maximum Gasteiger partial charge on any atom is 4.00 e. The summed E-state index contributed by atoms with van der Waals surface area (Å²) < 4.78 is 0. The van der Waals surface area contributed by atoms with Crippen molar-refractivity contribution in [2.24, 2.45) is 0 Å². The number of nitrogens with zero attached hydrogens (tertiary/aromatic N) is 4. The van der Waals surface area contributed by atoms with Gasteiger partial charge in [0.05, 0.1) is 0 Å². The van der Waals surface area contributed by atoms with Gasteiger partial charge in [0.25, 0.3) is 0 Å². The van der Waals surface area contributed by atoms with E-state index in [1.807, 2.05) is 62.0 Å². The fourth-order valence-electron chi connectivity index (χ4n) is 2.75. The van der Waals surface area contributed by atoms with Gasteiger partial charge in [-0.1, -0.05) is 0 Å². The number of benzene rings is 2. The van der Waals surface area contributed by atoms with E-state index in [4.69, 9.17) is 0 Å². The Hall–Kier alpha value is -1.84. The van der Waals surface area contributed by atoms with Crippen LogP contribution in [-0.4, -0.2) is 23.9 Å². The molecule has 0 aliphatic carbocycles. The largest absolute Gasteiger partial charge is 4.00 e. The molecule has 0 unspecified atom stereocenters. The van der Waals surface area contributed by atoms with E-state index in [0.29, 0.717) is 0 Å². The van der Waals surface area contributed by atoms with Gasteiger partial charge in [-0.25, -0.2) is 0 Å². The maximum atomic E-state index is 3.50. The van der Waals surface area contributed by atoms with Crippen molar-refractivity contribution in [3.8, 4) is 0 Å². The summed E-state index contributed by atoms with van der Waals surface area (Å²) in [6, 6.07) is 19.5. The molecule has 0 saturated heterocycles. The summed E-state index contributed by atoms with van der Waals surface area (Å²) in [5.41, 5.74) is 3.28. The van der Waals surface area contributed by atoms with Crippen molar-refractivity contribution < 1.29 is 21.1 Å². The second-order valence-electron chi connectivity index (χ2n) is 6.22. The van der Waals surface area contributed by atoms with E-state index >= 15 is 0 Å². The molecule has 0 atom stereocenters. The van der Waals surface area contributed by atoms with Crippen LogP contribution in [0.4, 0.5) is 11.4 Å². The van der Waals surface area contributed by atoms with Gasteiger partial charge in [0.15, 0.2) is 0 Å². The van der Waals surface area contributed by atoms with Crippen LogP contribution in [0.3, 0.4) is 0 Å². The van der Waals surface area contributed by atoms with Crippen LogP contribution in [0.2, 0.25) is 0 Å². The molecule has 2 heterocycles. The second-order valence-corrected chi connectivity index (χ2v) is 7.24. The third kappa shape index (κ3) is 4.91. The fraction of sp³-hybridized carbons (Fsp3) is 0.143. The molecule has 0 bridgehead atoms. The van der Waals surface area contributed by atoms with E-state index in [9.17, 15) is 0 Å². The first-order chi connectivity index (χ1) is 12.7. The van der Waals surface area contributed by atoms with Crippen LogP contribution in [-0.2, 0) is 26.8 Å². The summed E-state index contributed by atoms with van der Waals surface area (Å²) in [6.45, 7) is 4.08. The van der Waals surface area contributed by atoms with Crippen molar-refractivity contribution in [2.45, 2.75) is 10.6 Å². The predicted octanol–water partition coefficient (Wildman–Crippen LogP) is 4.26. The fourth-order valence-corrected chi connectivity index (χ4v) is 3.58. The molecule has 2 aromatic rings. The summed E-state index contributed by atoms with van der Waals surface area (Å²) in [7, 11) is 4.03. The van der Waals surface area contributed by atoms with E-state index in [1.54, 1.807) is 11.8 Å². The molecule has 0 fully saturated rings. The molecule has 2 aliphatic rings. The number of anilines is 2. The first kappa shape index (κ1) is 19.9. The van der Waals surface area contributed by atoms with Crippen molar-refractivity contribution >= 4 is 23.1 Å². The van der Waals surface area contributed by atoms with E-state index in [1.165, 1.54) is 5.56 Å². The van der Waals surface area contributed by atoms with Crippen LogP contribution in [0.25, 0.3) is 0 Å². The first-order valence-electron chi connectivity index (χ1n) is 8.41. The molecule has 0 amide bonds. The average Bonchev–Trinajstić information content (AvgIpc) is 3.29. The summed E-state index contributed by atoms with van der Waals surface area (Å²) in [6.07, 6.45) is 8.12. The van der Waals surface area contributed by atoms with Crippen molar-refractivity contribution in [2.75, 3.05) is 23.9 Å². The molecule has 2 aliphatic heterocycles. The molecule has 2 aromatic carbocycles. The Morgan fingerprint density at radius 2 is 1.41 bits per heavy atom. The van der Waals surface area contributed by atoms with Gasteiger partial charge >= 0.3 is 21.1 Å². The molecule has 0 saturated carbocycles. The van der Waals surface area contributed by atoms with Crippen LogP contribution >= 0.6 is 11.8 Å². The Morgan fingerprint density at radius 1 is 0.815 bits per heavy atom. The Balaban J connectivity index is 0.00000210. The number of hydrogen-bond acceptors (Lipinski definition) is 5. The zero-order valence-electron chi connectivity index (χ0n) is 15.1. The van der Waals surface area contributed by atoms with Gasteiger partial charge in [-0.05, 0) is 44.6 Å². The Bertz CT molecular complexity index is 769. The van der Waals surface area contributed by atoms with Gasteiger partial charge in [0.1, 0.15) is 0 Å². The molecule has 27 heavy (non-hydrogen) atoms. The maximum absolute atomic E-state index is 3.50. The molecule has 0 N–H and O–H groups in total. The molecule has 0 spiro atoms. The molecular formula is C21H20N4PtS. The van der Waals surface area contributed by atoms with E-state index < -0.39 is 0 Å². The van der Waals surface area contributed by atoms with Crippen LogP contribution in [0.15, 0.2) is 66.1 Å². The minimum Gasteiger partial charge on any atom is -0.510 e. The molecule has 0 radical (unpaired) electrons. The third-order valence-corrected chi connectivity index (χ3v) is 5.07. The van der Waals surface area contributed by atoms with Crippen molar-refractivity contribution in [1.82, 2.24) is 9.80 Å². The van der Waals surface area contributed by atoms with Gasteiger partial charge in [0, 0.05) is 0 Å². The minimum atomic E-state index is 0. The monoisotopic (exact) mass is 555 g/mol. The molecular weight excluding hydrogens is 535 g/mol. The van der Waals surface area contributed by atoms with Gasteiger partial charge in [-0.2, -0.15) is 73.1 Å². The Labute approximate surface area is 180 Å². The average molecular weight is 556 g/mol. The van der Waals surface area contributed by atoms with Crippen molar-refractivity contribution in [1.29, 1.82) is 0 Å². The molecule has 140 valence electrons. The van der Waals surface area contributed by atoms with E-state index in [-0.39, 0.29) is 21.1 Å². The standard InChI is InChI=1S/C21H20N4S.Pt/c1-22-9-11-24(16-22)19-6-3-5-18(13-19)15-26-21-8-4-7-20(14-21)25-12-10-23(2)17-25;/h3-12,16-17H,15H2,1-2H3;/q-4;+4. The number of rotatable bonds is 5. The molecule has 4 nitrogen and oxygen atoms in total. The minimum absolute atomic E-state index is 0. The van der Waals surface area contributed by atoms with Gasteiger partial charge in [-0.15, -0.1) is 22.3 Å². The number of thioether (sulfide) groups is 1. The summed E-state index contributed by atoms with van der Waals surface area (Å²) >= 11 is 1.78. The quantitative estimate of drug-likeness (QED) is 0.403. The second kappa shape index (κ2) is 8.90. The van der Waals surface area contributed by atoms with Crippen molar-refractivity contribution in [3.63, 3.8) is 0 Å². The van der Waals surface area contributed by atoms with Crippen LogP contribution in [0.5, 0.6) is 0 Å². The summed E-state index contributed by atoms with van der Waals surface area (Å²) in [5.74, 6) is 0.862. The SMILES string of the molecule is CN1C=CN(c2[c-]c(CSc3[c-]c(N4C=CN(C)[CH-]4)ccc3)ccc2)[CH-]1.[Pt+4]. The Kier molecular flexibility index (Phi) is 6.56. The Morgan fingerprint density at radius 3 is 2.00 bits per heavy atom. The first-order valence-corrected chi connectivity index (χ1v) is 9.39.